The summed E-state index contributed by atoms with van der Waals surface area (Å²) in [7, 11) is 3.20. The van der Waals surface area contributed by atoms with Gasteiger partial charge in [0.25, 0.3) is 0 Å². The molecule has 29 heavy (non-hydrogen) atoms. The molecule has 2 N–H and O–H groups in total. The highest BCUT2D eigenvalue weighted by molar-refractivity contribution is 8.01. The summed E-state index contributed by atoms with van der Waals surface area (Å²) in [6.07, 6.45) is 2.25. The highest BCUT2D eigenvalue weighted by Crippen LogP contribution is 2.28. The summed E-state index contributed by atoms with van der Waals surface area (Å²) in [6.45, 7) is 0.525. The van der Waals surface area contributed by atoms with Gasteiger partial charge in [-0.1, -0.05) is 24.3 Å². The molecule has 7 heteroatoms. The first-order valence-corrected chi connectivity index (χ1v) is 10.6. The lowest BCUT2D eigenvalue weighted by Crippen LogP contribution is -2.30. The van der Waals surface area contributed by atoms with E-state index in [1.165, 1.54) is 11.8 Å². The average molecular weight is 415 g/mol. The van der Waals surface area contributed by atoms with Gasteiger partial charge >= 0.3 is 0 Å². The van der Waals surface area contributed by atoms with Crippen molar-refractivity contribution in [3.8, 4) is 11.5 Å². The minimum Gasteiger partial charge on any atom is -0.493 e. The van der Waals surface area contributed by atoms with Crippen LogP contribution in [0.15, 0.2) is 42.5 Å². The summed E-state index contributed by atoms with van der Waals surface area (Å²) in [6, 6.07) is 13.6. The largest absolute Gasteiger partial charge is 0.493 e. The van der Waals surface area contributed by atoms with Crippen molar-refractivity contribution in [2.45, 2.75) is 24.5 Å². The average Bonchev–Trinajstić information content (AvgIpc) is 2.90. The number of benzene rings is 2. The predicted octanol–water partition coefficient (Wildman–Crippen LogP) is 3.05. The number of carbonyl (C=O) groups excluding carboxylic acids is 2. The van der Waals surface area contributed by atoms with Gasteiger partial charge < -0.3 is 20.1 Å². The molecule has 6 nitrogen and oxygen atoms in total. The first-order chi connectivity index (χ1) is 14.1. The fourth-order valence-electron chi connectivity index (χ4n) is 3.26. The van der Waals surface area contributed by atoms with Crippen LogP contribution in [0.2, 0.25) is 0 Å². The Balaban J connectivity index is 1.43. The summed E-state index contributed by atoms with van der Waals surface area (Å²) in [5.74, 6) is 1.52. The number of aryl methyl sites for hydroxylation is 1. The Labute approximate surface area is 175 Å². The normalized spacial score (nSPS) is 15.7. The van der Waals surface area contributed by atoms with Crippen molar-refractivity contribution in [3.05, 3.63) is 53.6 Å². The quantitative estimate of drug-likeness (QED) is 0.694. The molecule has 2 aromatic carbocycles. The smallest absolute Gasteiger partial charge is 0.237 e. The van der Waals surface area contributed by atoms with Crippen molar-refractivity contribution in [2.24, 2.45) is 0 Å². The van der Waals surface area contributed by atoms with E-state index in [0.29, 0.717) is 24.5 Å². The number of anilines is 1. The molecule has 2 amide bonds. The van der Waals surface area contributed by atoms with Gasteiger partial charge in [0.2, 0.25) is 11.8 Å². The van der Waals surface area contributed by atoms with E-state index in [1.807, 2.05) is 42.5 Å². The number of hydrogen-bond acceptors (Lipinski definition) is 5. The second-order valence-electron chi connectivity index (χ2n) is 6.77. The van der Waals surface area contributed by atoms with Crippen molar-refractivity contribution < 1.29 is 19.1 Å². The van der Waals surface area contributed by atoms with Gasteiger partial charge in [-0.25, -0.2) is 0 Å². The van der Waals surface area contributed by atoms with Crippen LogP contribution >= 0.6 is 11.8 Å². The van der Waals surface area contributed by atoms with E-state index in [0.717, 1.165) is 29.7 Å². The molecule has 0 aromatic heterocycles. The molecule has 0 bridgehead atoms. The van der Waals surface area contributed by atoms with Crippen LogP contribution in [-0.4, -0.2) is 43.6 Å². The van der Waals surface area contributed by atoms with Crippen LogP contribution in [0, 0.1) is 0 Å². The Bertz CT molecular complexity index is 872. The second-order valence-corrected chi connectivity index (χ2v) is 7.97. The van der Waals surface area contributed by atoms with Gasteiger partial charge in [-0.15, -0.1) is 11.8 Å². The van der Waals surface area contributed by atoms with E-state index >= 15 is 0 Å². The number of nitrogens with one attached hydrogen (secondary N) is 2. The van der Waals surface area contributed by atoms with Crippen LogP contribution in [0.4, 0.5) is 5.69 Å². The third-order valence-electron chi connectivity index (χ3n) is 4.84. The summed E-state index contributed by atoms with van der Waals surface area (Å²) < 4.78 is 10.5. The maximum absolute atomic E-state index is 12.4. The van der Waals surface area contributed by atoms with Crippen LogP contribution in [0.3, 0.4) is 0 Å². The van der Waals surface area contributed by atoms with Gasteiger partial charge in [0.05, 0.1) is 25.2 Å². The molecule has 1 atom stereocenters. The number of hydrogen-bond donors (Lipinski definition) is 2. The van der Waals surface area contributed by atoms with Crippen molar-refractivity contribution in [1.29, 1.82) is 0 Å². The highest BCUT2D eigenvalue weighted by Gasteiger charge is 2.24. The number of rotatable bonds is 8. The van der Waals surface area contributed by atoms with Gasteiger partial charge in [-0.3, -0.25) is 9.59 Å². The van der Waals surface area contributed by atoms with Crippen molar-refractivity contribution in [2.75, 3.05) is 31.8 Å². The number of thioether (sulfide) groups is 1. The van der Waals surface area contributed by atoms with E-state index in [4.69, 9.17) is 9.47 Å². The first kappa shape index (κ1) is 21.0. The fraction of sp³-hybridized carbons (Fsp3) is 0.364. The van der Waals surface area contributed by atoms with Crippen molar-refractivity contribution in [3.63, 3.8) is 0 Å². The standard InChI is InChI=1S/C22H26N2O4S/c1-27-18-9-7-15(13-19(18)28-2)11-12-23-21(25)14-29-20-10-8-16-5-3-4-6-17(16)24-22(20)26/h3-7,9,13,20H,8,10-12,14H2,1-2H3,(H,23,25)(H,24,26)/t20-/m0/s1. The van der Waals surface area contributed by atoms with E-state index in [2.05, 4.69) is 10.6 Å². The van der Waals surface area contributed by atoms with Crippen molar-refractivity contribution >= 4 is 29.3 Å². The minimum absolute atomic E-state index is 0.0296. The molecule has 2 aromatic rings. The third-order valence-corrected chi connectivity index (χ3v) is 6.12. The van der Waals surface area contributed by atoms with Crippen LogP contribution in [0.25, 0.3) is 0 Å². The summed E-state index contributed by atoms with van der Waals surface area (Å²) in [4.78, 5) is 24.6. The first-order valence-electron chi connectivity index (χ1n) is 9.58. The number of fused-ring (bicyclic) bond motifs is 1. The summed E-state index contributed by atoms with van der Waals surface area (Å²) >= 11 is 1.39. The number of para-hydroxylation sites is 1. The number of ether oxygens (including phenoxy) is 2. The number of amides is 2. The van der Waals surface area contributed by atoms with Gasteiger partial charge in [0, 0.05) is 12.2 Å². The van der Waals surface area contributed by atoms with Crippen LogP contribution in [0.1, 0.15) is 17.5 Å². The van der Waals surface area contributed by atoms with Gasteiger partial charge in [-0.2, -0.15) is 0 Å². The maximum Gasteiger partial charge on any atom is 0.237 e. The molecule has 0 aliphatic carbocycles. The Kier molecular flexibility index (Phi) is 7.41. The molecule has 0 radical (unpaired) electrons. The van der Waals surface area contributed by atoms with Gasteiger partial charge in [0.15, 0.2) is 11.5 Å². The van der Waals surface area contributed by atoms with Crippen molar-refractivity contribution in [1.82, 2.24) is 5.32 Å². The number of methoxy groups -OCH3 is 2. The molecule has 1 aliphatic rings. The molecule has 0 saturated carbocycles. The summed E-state index contributed by atoms with van der Waals surface area (Å²) in [5, 5.41) is 5.67. The van der Waals surface area contributed by atoms with E-state index in [9.17, 15) is 9.59 Å². The van der Waals surface area contributed by atoms with E-state index in [-0.39, 0.29) is 22.8 Å². The lowest BCUT2D eigenvalue weighted by molar-refractivity contribution is -0.118. The number of carbonyl (C=O) groups is 2. The molecule has 0 spiro atoms. The van der Waals surface area contributed by atoms with E-state index < -0.39 is 0 Å². The summed E-state index contributed by atoms with van der Waals surface area (Å²) in [5.41, 5.74) is 3.07. The monoisotopic (exact) mass is 414 g/mol. The molecule has 0 unspecified atom stereocenters. The predicted molar refractivity (Wildman–Crippen MR) is 116 cm³/mol. The topological polar surface area (TPSA) is 76.7 Å². The zero-order valence-corrected chi connectivity index (χ0v) is 17.5. The lowest BCUT2D eigenvalue weighted by Gasteiger charge is -2.13. The highest BCUT2D eigenvalue weighted by atomic mass is 32.2. The SMILES string of the molecule is COc1ccc(CCNC(=O)CS[C@H]2CCc3ccccc3NC2=O)cc1OC. The molecule has 0 saturated heterocycles. The molecule has 154 valence electrons. The van der Waals surface area contributed by atoms with Crippen LogP contribution in [0.5, 0.6) is 11.5 Å². The molecular weight excluding hydrogens is 388 g/mol. The Morgan fingerprint density at radius 2 is 1.97 bits per heavy atom. The Morgan fingerprint density at radius 1 is 1.17 bits per heavy atom. The molecule has 3 rings (SSSR count). The molecule has 0 fully saturated rings. The molecule has 1 aliphatic heterocycles. The zero-order valence-electron chi connectivity index (χ0n) is 16.7. The Hall–Kier alpha value is -2.67. The lowest BCUT2D eigenvalue weighted by atomic mass is 10.1. The third kappa shape index (κ3) is 5.67. The zero-order chi connectivity index (χ0) is 20.6. The molecule has 1 heterocycles. The maximum atomic E-state index is 12.4. The molecular formula is C22H26N2O4S. The van der Waals surface area contributed by atoms with Gasteiger partial charge in [-0.05, 0) is 48.6 Å². The second kappa shape index (κ2) is 10.2. The van der Waals surface area contributed by atoms with Crippen LogP contribution < -0.4 is 20.1 Å². The fourth-order valence-corrected chi connectivity index (χ4v) is 4.21. The Morgan fingerprint density at radius 3 is 2.76 bits per heavy atom. The van der Waals surface area contributed by atoms with Crippen LogP contribution in [-0.2, 0) is 22.4 Å². The van der Waals surface area contributed by atoms with Gasteiger partial charge in [0.1, 0.15) is 0 Å². The minimum atomic E-state index is -0.223. The van der Waals surface area contributed by atoms with E-state index in [1.54, 1.807) is 14.2 Å².